The maximum Gasteiger partial charge on any atom is 0.282 e. The minimum Gasteiger partial charge on any atom is -0.385 e. The van der Waals surface area contributed by atoms with E-state index in [0.29, 0.717) is 0 Å². The molecule has 0 saturated heterocycles. The highest BCUT2D eigenvalue weighted by Crippen LogP contribution is 2.24. The van der Waals surface area contributed by atoms with E-state index < -0.39 is 4.92 Å². The van der Waals surface area contributed by atoms with Crippen molar-refractivity contribution in [2.45, 2.75) is 38.6 Å². The average Bonchev–Trinajstić information content (AvgIpc) is 2.39. The molecular weight excluding hydrogens is 258 g/mol. The van der Waals surface area contributed by atoms with Gasteiger partial charge in [-0.05, 0) is 37.8 Å². The van der Waals surface area contributed by atoms with E-state index in [1.165, 1.54) is 6.07 Å². The van der Waals surface area contributed by atoms with Crippen molar-refractivity contribution in [2.24, 2.45) is 0 Å². The number of hydrogen-bond acceptors (Lipinski definition) is 4. The van der Waals surface area contributed by atoms with Crippen LogP contribution in [-0.4, -0.2) is 23.4 Å². The van der Waals surface area contributed by atoms with Crippen LogP contribution in [0.2, 0.25) is 0 Å². The average molecular weight is 277 g/mol. The van der Waals surface area contributed by atoms with E-state index in [9.17, 15) is 14.9 Å². The topological polar surface area (TPSA) is 84.3 Å². The van der Waals surface area contributed by atoms with Gasteiger partial charge in [0.2, 0.25) is 0 Å². The quantitative estimate of drug-likeness (QED) is 0.618. The van der Waals surface area contributed by atoms with Crippen LogP contribution in [0.15, 0.2) is 18.2 Å². The molecule has 0 aromatic heterocycles. The highest BCUT2D eigenvalue weighted by molar-refractivity contribution is 5.99. The van der Waals surface area contributed by atoms with Gasteiger partial charge in [-0.3, -0.25) is 14.9 Å². The van der Waals surface area contributed by atoms with E-state index in [1.807, 2.05) is 6.92 Å². The fourth-order valence-electron chi connectivity index (χ4n) is 2.07. The summed E-state index contributed by atoms with van der Waals surface area (Å²) in [7, 11) is 0. The van der Waals surface area contributed by atoms with Gasteiger partial charge < -0.3 is 10.6 Å². The molecular formula is C14H19N3O3. The van der Waals surface area contributed by atoms with Gasteiger partial charge >= 0.3 is 0 Å². The first kappa shape index (κ1) is 14.3. The number of nitrogens with zero attached hydrogens (tertiary/aromatic N) is 1. The minimum absolute atomic E-state index is 0.128. The van der Waals surface area contributed by atoms with Gasteiger partial charge in [-0.25, -0.2) is 0 Å². The Labute approximate surface area is 117 Å². The number of carbonyl (C=O) groups excluding carboxylic acids is 1. The standard InChI is InChI=1S/C14H19N3O3/c1-2-8-15-11-6-7-13(17(19)20)12(9-11)14(18)16-10-4-3-5-10/h6-7,9-10,15H,2-5,8H2,1H3,(H,16,18). The van der Waals surface area contributed by atoms with Crippen molar-refractivity contribution in [1.29, 1.82) is 0 Å². The van der Waals surface area contributed by atoms with Crippen molar-refractivity contribution >= 4 is 17.3 Å². The van der Waals surface area contributed by atoms with Crippen LogP contribution >= 0.6 is 0 Å². The van der Waals surface area contributed by atoms with Crippen molar-refractivity contribution in [2.75, 3.05) is 11.9 Å². The van der Waals surface area contributed by atoms with E-state index in [4.69, 9.17) is 0 Å². The smallest absolute Gasteiger partial charge is 0.282 e. The molecule has 0 heterocycles. The molecule has 1 amide bonds. The molecule has 0 bridgehead atoms. The fourth-order valence-corrected chi connectivity index (χ4v) is 2.07. The van der Waals surface area contributed by atoms with Crippen molar-refractivity contribution < 1.29 is 9.72 Å². The molecule has 1 saturated carbocycles. The van der Waals surface area contributed by atoms with Crippen LogP contribution in [0, 0.1) is 10.1 Å². The zero-order chi connectivity index (χ0) is 14.5. The first-order chi connectivity index (χ1) is 9.61. The van der Waals surface area contributed by atoms with Gasteiger partial charge in [0.1, 0.15) is 5.56 Å². The molecule has 1 aromatic carbocycles. The normalized spacial score (nSPS) is 14.4. The number of nitrogens with one attached hydrogen (secondary N) is 2. The van der Waals surface area contributed by atoms with Crippen LogP contribution in [0.1, 0.15) is 43.0 Å². The van der Waals surface area contributed by atoms with Crippen LogP contribution in [-0.2, 0) is 0 Å². The van der Waals surface area contributed by atoms with Gasteiger partial charge in [-0.1, -0.05) is 6.92 Å². The first-order valence-electron chi connectivity index (χ1n) is 6.95. The maximum atomic E-state index is 12.2. The minimum atomic E-state index is -0.515. The van der Waals surface area contributed by atoms with Crippen LogP contribution in [0.5, 0.6) is 0 Å². The molecule has 2 rings (SSSR count). The third-order valence-corrected chi connectivity index (χ3v) is 3.46. The van der Waals surface area contributed by atoms with Crippen molar-refractivity contribution in [3.8, 4) is 0 Å². The van der Waals surface area contributed by atoms with E-state index in [2.05, 4.69) is 10.6 Å². The molecule has 2 N–H and O–H groups in total. The molecule has 0 unspecified atom stereocenters. The second-order valence-electron chi connectivity index (χ2n) is 5.02. The van der Waals surface area contributed by atoms with Gasteiger partial charge in [0.05, 0.1) is 4.92 Å². The first-order valence-corrected chi connectivity index (χ1v) is 6.95. The lowest BCUT2D eigenvalue weighted by Crippen LogP contribution is -2.39. The summed E-state index contributed by atoms with van der Waals surface area (Å²) < 4.78 is 0. The molecule has 6 heteroatoms. The summed E-state index contributed by atoms with van der Waals surface area (Å²) in [5.41, 5.74) is 0.711. The molecule has 0 radical (unpaired) electrons. The third kappa shape index (κ3) is 3.26. The molecule has 0 atom stereocenters. The summed E-state index contributed by atoms with van der Waals surface area (Å²) in [6.07, 6.45) is 3.95. The number of amides is 1. The Morgan fingerprint density at radius 2 is 2.20 bits per heavy atom. The predicted octanol–water partition coefficient (Wildman–Crippen LogP) is 2.70. The highest BCUT2D eigenvalue weighted by atomic mass is 16.6. The molecule has 1 aliphatic carbocycles. The Morgan fingerprint density at radius 3 is 2.75 bits per heavy atom. The van der Waals surface area contributed by atoms with E-state index in [1.54, 1.807) is 12.1 Å². The Bertz CT molecular complexity index is 512. The highest BCUT2D eigenvalue weighted by Gasteiger charge is 2.25. The Morgan fingerprint density at radius 1 is 1.45 bits per heavy atom. The number of anilines is 1. The number of rotatable bonds is 6. The number of benzene rings is 1. The Kier molecular flexibility index (Phi) is 4.55. The van der Waals surface area contributed by atoms with Crippen LogP contribution in [0.25, 0.3) is 0 Å². The van der Waals surface area contributed by atoms with Crippen LogP contribution < -0.4 is 10.6 Å². The lowest BCUT2D eigenvalue weighted by molar-refractivity contribution is -0.385. The number of hydrogen-bond donors (Lipinski definition) is 2. The van der Waals surface area contributed by atoms with E-state index in [-0.39, 0.29) is 23.2 Å². The zero-order valence-corrected chi connectivity index (χ0v) is 11.5. The fraction of sp³-hybridized carbons (Fsp3) is 0.500. The van der Waals surface area contributed by atoms with Crippen molar-refractivity contribution in [3.63, 3.8) is 0 Å². The Hall–Kier alpha value is -2.11. The molecule has 108 valence electrons. The SMILES string of the molecule is CCCNc1ccc([N+](=O)[O-])c(C(=O)NC2CCC2)c1. The van der Waals surface area contributed by atoms with Gasteiger partial charge in [0.15, 0.2) is 0 Å². The number of nitro benzene ring substituents is 1. The summed E-state index contributed by atoms with van der Waals surface area (Å²) in [4.78, 5) is 22.7. The molecule has 1 fully saturated rings. The van der Waals surface area contributed by atoms with Crippen LogP contribution in [0.3, 0.4) is 0 Å². The molecule has 1 aliphatic rings. The van der Waals surface area contributed by atoms with E-state index >= 15 is 0 Å². The molecule has 0 aliphatic heterocycles. The molecule has 1 aromatic rings. The van der Waals surface area contributed by atoms with Gasteiger partial charge in [0.25, 0.3) is 11.6 Å². The maximum absolute atomic E-state index is 12.2. The van der Waals surface area contributed by atoms with Crippen molar-refractivity contribution in [3.05, 3.63) is 33.9 Å². The van der Waals surface area contributed by atoms with E-state index in [0.717, 1.165) is 37.9 Å². The number of nitro groups is 1. The predicted molar refractivity (Wildman–Crippen MR) is 77.0 cm³/mol. The summed E-state index contributed by atoms with van der Waals surface area (Å²) in [5, 5.41) is 17.0. The lowest BCUT2D eigenvalue weighted by atomic mass is 9.93. The molecule has 6 nitrogen and oxygen atoms in total. The van der Waals surface area contributed by atoms with Gasteiger partial charge in [-0.15, -0.1) is 0 Å². The second-order valence-corrected chi connectivity index (χ2v) is 5.02. The summed E-state index contributed by atoms with van der Waals surface area (Å²) in [6.45, 7) is 2.80. The lowest BCUT2D eigenvalue weighted by Gasteiger charge is -2.26. The number of carbonyl (C=O) groups is 1. The summed E-state index contributed by atoms with van der Waals surface area (Å²) in [5.74, 6) is -0.360. The second kappa shape index (κ2) is 6.36. The largest absolute Gasteiger partial charge is 0.385 e. The van der Waals surface area contributed by atoms with Gasteiger partial charge in [-0.2, -0.15) is 0 Å². The molecule has 20 heavy (non-hydrogen) atoms. The Balaban J connectivity index is 2.20. The third-order valence-electron chi connectivity index (χ3n) is 3.46. The van der Waals surface area contributed by atoms with Crippen molar-refractivity contribution in [1.82, 2.24) is 5.32 Å². The monoisotopic (exact) mass is 277 g/mol. The van der Waals surface area contributed by atoms with Crippen LogP contribution in [0.4, 0.5) is 11.4 Å². The summed E-state index contributed by atoms with van der Waals surface area (Å²) in [6, 6.07) is 4.73. The zero-order valence-electron chi connectivity index (χ0n) is 11.5. The summed E-state index contributed by atoms with van der Waals surface area (Å²) >= 11 is 0. The molecule has 0 spiro atoms. The van der Waals surface area contributed by atoms with Gasteiger partial charge in [0, 0.05) is 24.3 Å².